The number of nitrogens with one attached hydrogen (secondary N) is 2. The molecule has 160 valence electrons. The molecule has 2 unspecified atom stereocenters. The number of epoxide rings is 1. The molecule has 3 fully saturated rings. The molecule has 2 N–H and O–H groups in total. The maximum absolute atomic E-state index is 14.8. The van der Waals surface area contributed by atoms with Gasteiger partial charge in [-0.05, 0) is 39.0 Å². The van der Waals surface area contributed by atoms with Crippen molar-refractivity contribution in [1.82, 2.24) is 10.6 Å². The summed E-state index contributed by atoms with van der Waals surface area (Å²) >= 11 is 0. The number of fused-ring (bicyclic) bond motifs is 1. The zero-order valence-electron chi connectivity index (χ0n) is 17.1. The van der Waals surface area contributed by atoms with Gasteiger partial charge < -0.3 is 34.6 Å². The van der Waals surface area contributed by atoms with E-state index < -0.39 is 11.7 Å². The molecule has 3 aliphatic heterocycles. The fourth-order valence-corrected chi connectivity index (χ4v) is 3.68. The summed E-state index contributed by atoms with van der Waals surface area (Å²) in [6, 6.07) is 5.30. The number of ether oxygens (including phenoxy) is 3. The highest BCUT2D eigenvalue weighted by Crippen LogP contribution is 2.37. The van der Waals surface area contributed by atoms with Gasteiger partial charge in [-0.3, -0.25) is 0 Å². The Balaban J connectivity index is 1.38. The number of carbonyl (C=O) groups is 1. The summed E-state index contributed by atoms with van der Waals surface area (Å²) < 4.78 is 31.4. The predicted octanol–water partition coefficient (Wildman–Crippen LogP) is 1.65. The van der Waals surface area contributed by atoms with Crippen molar-refractivity contribution in [2.24, 2.45) is 0 Å². The summed E-state index contributed by atoms with van der Waals surface area (Å²) in [7, 11) is 0. The first-order valence-corrected chi connectivity index (χ1v) is 10.1. The number of hydrogen-bond acceptors (Lipinski definition) is 7. The first kappa shape index (κ1) is 20.2. The average molecular weight is 408 g/mol. The van der Waals surface area contributed by atoms with Crippen LogP contribution in [0, 0.1) is 5.82 Å². The summed E-state index contributed by atoms with van der Waals surface area (Å²) in [6.45, 7) is 9.51. The largest absolute Gasteiger partial charge is 0.444 e. The Bertz CT molecular complexity index is 750. The third-order valence-electron chi connectivity index (χ3n) is 5.06. The first-order valence-electron chi connectivity index (χ1n) is 10.1. The highest BCUT2D eigenvalue weighted by Gasteiger charge is 2.51. The number of carbonyl (C=O) groups excluding carboxylic acids is 1. The Morgan fingerprint density at radius 1 is 1.31 bits per heavy atom. The van der Waals surface area contributed by atoms with Crippen molar-refractivity contribution >= 4 is 17.5 Å². The fourth-order valence-electron chi connectivity index (χ4n) is 3.68. The molecule has 0 spiro atoms. The molecule has 3 aliphatic rings. The maximum Gasteiger partial charge on any atom is 0.407 e. The number of halogens is 1. The summed E-state index contributed by atoms with van der Waals surface area (Å²) in [5.74, 6) is -0.239. The van der Waals surface area contributed by atoms with Crippen molar-refractivity contribution in [2.45, 2.75) is 45.0 Å². The van der Waals surface area contributed by atoms with Gasteiger partial charge in [0.15, 0.2) is 6.23 Å². The van der Waals surface area contributed by atoms with E-state index in [0.717, 1.165) is 31.9 Å². The van der Waals surface area contributed by atoms with E-state index in [0.29, 0.717) is 18.8 Å². The summed E-state index contributed by atoms with van der Waals surface area (Å²) in [6.07, 6.45) is -1.33. The molecule has 0 aliphatic carbocycles. The second-order valence-electron chi connectivity index (χ2n) is 8.56. The zero-order valence-corrected chi connectivity index (χ0v) is 17.1. The van der Waals surface area contributed by atoms with Crippen molar-refractivity contribution in [3.8, 4) is 0 Å². The lowest BCUT2D eigenvalue weighted by molar-refractivity contribution is -0.0129. The van der Waals surface area contributed by atoms with Crippen LogP contribution in [-0.4, -0.2) is 69.6 Å². The standard InChI is InChI=1S/C20H29FN4O4/c1-20(2,3)29-19(26)23-11-14-12-25(17-18(27-14)28-17)13-4-5-16(15(21)10-13)24-8-6-22-7-9-24/h4-5,10,14,17-18,22H,6-9,11-12H2,1-3H3,(H,23,26)/t14-,17?,18?/m0/s1. The van der Waals surface area contributed by atoms with E-state index in [2.05, 4.69) is 15.5 Å². The Hall–Kier alpha value is -2.10. The third kappa shape index (κ3) is 4.91. The minimum absolute atomic E-state index is 0.211. The number of nitrogens with zero attached hydrogens (tertiary/aromatic N) is 2. The van der Waals surface area contributed by atoms with Gasteiger partial charge in [0.1, 0.15) is 11.4 Å². The quantitative estimate of drug-likeness (QED) is 0.734. The van der Waals surface area contributed by atoms with Gasteiger partial charge in [-0.2, -0.15) is 0 Å². The van der Waals surface area contributed by atoms with E-state index in [1.165, 1.54) is 0 Å². The molecule has 3 heterocycles. The van der Waals surface area contributed by atoms with E-state index >= 15 is 0 Å². The van der Waals surface area contributed by atoms with Crippen LogP contribution in [0.1, 0.15) is 20.8 Å². The summed E-state index contributed by atoms with van der Waals surface area (Å²) in [5.41, 5.74) is 0.817. The Labute approximate surface area is 170 Å². The molecular weight excluding hydrogens is 379 g/mol. The summed E-state index contributed by atoms with van der Waals surface area (Å²) in [4.78, 5) is 15.9. The second-order valence-corrected chi connectivity index (χ2v) is 8.56. The van der Waals surface area contributed by atoms with E-state index in [-0.39, 0.29) is 24.4 Å². The lowest BCUT2D eigenvalue weighted by atomic mass is 10.2. The number of morpholine rings is 1. The second kappa shape index (κ2) is 7.97. The number of hydrogen-bond donors (Lipinski definition) is 2. The minimum atomic E-state index is -0.558. The lowest BCUT2D eigenvalue weighted by Crippen LogP contribution is -2.48. The van der Waals surface area contributed by atoms with Gasteiger partial charge in [0.05, 0.1) is 11.8 Å². The van der Waals surface area contributed by atoms with Crippen LogP contribution in [0.4, 0.5) is 20.6 Å². The third-order valence-corrected chi connectivity index (χ3v) is 5.06. The van der Waals surface area contributed by atoms with Crippen LogP contribution in [0.2, 0.25) is 0 Å². The van der Waals surface area contributed by atoms with Crippen molar-refractivity contribution in [3.05, 3.63) is 24.0 Å². The number of anilines is 2. The highest BCUT2D eigenvalue weighted by atomic mass is 19.1. The van der Waals surface area contributed by atoms with Crippen molar-refractivity contribution in [3.63, 3.8) is 0 Å². The molecule has 4 rings (SSSR count). The van der Waals surface area contributed by atoms with Crippen LogP contribution < -0.4 is 20.4 Å². The van der Waals surface area contributed by atoms with E-state index in [1.807, 2.05) is 37.8 Å². The molecule has 1 aromatic carbocycles. The molecule has 29 heavy (non-hydrogen) atoms. The lowest BCUT2D eigenvalue weighted by Gasteiger charge is -2.33. The van der Waals surface area contributed by atoms with Gasteiger partial charge in [-0.25, -0.2) is 9.18 Å². The number of benzene rings is 1. The summed E-state index contributed by atoms with van der Waals surface area (Å²) in [5, 5.41) is 6.00. The number of amides is 1. The van der Waals surface area contributed by atoms with Crippen LogP contribution in [0.25, 0.3) is 0 Å². The Morgan fingerprint density at radius 3 is 2.76 bits per heavy atom. The average Bonchev–Trinajstić information content (AvgIpc) is 3.44. The molecule has 0 aromatic heterocycles. The highest BCUT2D eigenvalue weighted by molar-refractivity contribution is 5.67. The monoisotopic (exact) mass is 408 g/mol. The van der Waals surface area contributed by atoms with Crippen LogP contribution in [0.3, 0.4) is 0 Å². The normalized spacial score (nSPS) is 26.7. The number of piperazine rings is 1. The van der Waals surface area contributed by atoms with Crippen molar-refractivity contribution < 1.29 is 23.4 Å². The van der Waals surface area contributed by atoms with Gasteiger partial charge in [-0.1, -0.05) is 0 Å². The van der Waals surface area contributed by atoms with Crippen LogP contribution in [0.15, 0.2) is 18.2 Å². The first-order chi connectivity index (χ1) is 13.8. The Kier molecular flexibility index (Phi) is 5.54. The van der Waals surface area contributed by atoms with Crippen LogP contribution >= 0.6 is 0 Å². The van der Waals surface area contributed by atoms with E-state index in [1.54, 1.807) is 6.07 Å². The molecule has 9 heteroatoms. The molecule has 0 radical (unpaired) electrons. The molecule has 1 amide bonds. The maximum atomic E-state index is 14.8. The molecule has 3 saturated heterocycles. The molecule has 8 nitrogen and oxygen atoms in total. The van der Waals surface area contributed by atoms with E-state index in [9.17, 15) is 9.18 Å². The molecular formula is C20H29FN4O4. The molecule has 0 bridgehead atoms. The van der Waals surface area contributed by atoms with Gasteiger partial charge in [0.25, 0.3) is 0 Å². The van der Waals surface area contributed by atoms with Gasteiger partial charge in [0, 0.05) is 45.0 Å². The Morgan fingerprint density at radius 2 is 2.07 bits per heavy atom. The zero-order chi connectivity index (χ0) is 20.6. The molecule has 0 saturated carbocycles. The number of alkyl carbamates (subject to hydrolysis) is 1. The van der Waals surface area contributed by atoms with E-state index in [4.69, 9.17) is 14.2 Å². The number of rotatable bonds is 4. The van der Waals surface area contributed by atoms with Crippen LogP contribution in [-0.2, 0) is 14.2 Å². The molecule has 3 atom stereocenters. The molecule has 1 aromatic rings. The fraction of sp³-hybridized carbons (Fsp3) is 0.650. The minimum Gasteiger partial charge on any atom is -0.444 e. The predicted molar refractivity (Wildman–Crippen MR) is 107 cm³/mol. The van der Waals surface area contributed by atoms with Crippen molar-refractivity contribution in [2.75, 3.05) is 49.1 Å². The van der Waals surface area contributed by atoms with Gasteiger partial charge in [-0.15, -0.1) is 0 Å². The topological polar surface area (TPSA) is 78.6 Å². The SMILES string of the molecule is CC(C)(C)OC(=O)NC[C@H]1CN(c2ccc(N3CCNCC3)c(F)c2)C2OC2O1. The van der Waals surface area contributed by atoms with Crippen molar-refractivity contribution in [1.29, 1.82) is 0 Å². The van der Waals surface area contributed by atoms with Gasteiger partial charge in [0.2, 0.25) is 6.29 Å². The van der Waals surface area contributed by atoms with Crippen LogP contribution in [0.5, 0.6) is 0 Å². The van der Waals surface area contributed by atoms with Gasteiger partial charge >= 0.3 is 6.09 Å². The smallest absolute Gasteiger partial charge is 0.407 e.